The SMILES string of the molecule is CC(=O)OCC1=C(C(=O)O)N2C(=O)[C@H](NC(=O)C(NC(=O)c3ccc(=O)[nH]c3)c3ccccc3)[C@H]2SC1. The monoisotopic (exact) mass is 526 g/mol. The fourth-order valence-corrected chi connectivity index (χ4v) is 5.26. The number of ether oxygens (including phenoxy) is 1. The molecule has 2 aromatic rings. The Hall–Kier alpha value is -4.39. The van der Waals surface area contributed by atoms with Crippen LogP contribution in [-0.4, -0.2) is 68.4 Å². The van der Waals surface area contributed by atoms with Crippen LogP contribution in [0.5, 0.6) is 0 Å². The van der Waals surface area contributed by atoms with Crippen LogP contribution in [0.15, 0.2) is 64.7 Å². The molecular formula is C24H22N4O8S. The number of benzene rings is 1. The lowest BCUT2D eigenvalue weighted by molar-refractivity contribution is -0.151. The Kier molecular flexibility index (Phi) is 7.43. The molecule has 1 aromatic carbocycles. The van der Waals surface area contributed by atoms with Crippen LogP contribution < -0.4 is 16.2 Å². The Morgan fingerprint density at radius 3 is 2.51 bits per heavy atom. The minimum atomic E-state index is -1.35. The fourth-order valence-electron chi connectivity index (χ4n) is 3.93. The summed E-state index contributed by atoms with van der Waals surface area (Å²) in [5.74, 6) is -3.68. The molecule has 0 spiro atoms. The van der Waals surface area contributed by atoms with Crippen molar-refractivity contribution in [2.75, 3.05) is 12.4 Å². The van der Waals surface area contributed by atoms with Gasteiger partial charge in [-0.3, -0.25) is 28.9 Å². The Bertz CT molecular complexity index is 1340. The van der Waals surface area contributed by atoms with E-state index in [9.17, 15) is 33.9 Å². The summed E-state index contributed by atoms with van der Waals surface area (Å²) in [6.45, 7) is 0.934. The van der Waals surface area contributed by atoms with Gasteiger partial charge in [-0.15, -0.1) is 11.8 Å². The third kappa shape index (κ3) is 5.40. The number of esters is 1. The molecular weight excluding hydrogens is 504 g/mol. The molecule has 4 rings (SSSR count). The number of pyridine rings is 1. The standard InChI is InChI=1S/C24H22N4O8S/c1-12(29)36-10-15-11-37-23-18(22(33)28(23)19(15)24(34)35)27-21(32)17(13-5-3-2-4-6-13)26-20(31)14-7-8-16(30)25-9-14/h2-9,17-18,23H,10-11H2,1H3,(H,25,30)(H,26,31)(H,27,32)(H,34,35)/t17?,18-,23+/m0/s1. The average Bonchev–Trinajstić information content (AvgIpc) is 2.88. The summed E-state index contributed by atoms with van der Waals surface area (Å²) in [6.07, 6.45) is 1.22. The van der Waals surface area contributed by atoms with E-state index in [4.69, 9.17) is 4.74 Å². The molecule has 12 nitrogen and oxygen atoms in total. The third-order valence-corrected chi connectivity index (χ3v) is 7.05. The number of amides is 3. The van der Waals surface area contributed by atoms with Gasteiger partial charge >= 0.3 is 11.9 Å². The minimum Gasteiger partial charge on any atom is -0.477 e. The number of β-lactam (4-membered cyclic amide) rings is 1. The van der Waals surface area contributed by atoms with Crippen LogP contribution in [0.2, 0.25) is 0 Å². The molecule has 0 saturated carbocycles. The largest absolute Gasteiger partial charge is 0.477 e. The van der Waals surface area contributed by atoms with Crippen molar-refractivity contribution in [3.63, 3.8) is 0 Å². The lowest BCUT2D eigenvalue weighted by atomic mass is 10.0. The zero-order chi connectivity index (χ0) is 26.7. The predicted molar refractivity (Wildman–Crippen MR) is 130 cm³/mol. The second-order valence-corrected chi connectivity index (χ2v) is 9.30. The number of nitrogens with zero attached hydrogens (tertiary/aromatic N) is 1. The molecule has 1 unspecified atom stereocenters. The Morgan fingerprint density at radius 1 is 1.16 bits per heavy atom. The van der Waals surface area contributed by atoms with Gasteiger partial charge in [0.25, 0.3) is 11.8 Å². The highest BCUT2D eigenvalue weighted by atomic mass is 32.2. The Balaban J connectivity index is 1.52. The molecule has 4 N–H and O–H groups in total. The van der Waals surface area contributed by atoms with E-state index in [1.165, 1.54) is 37.0 Å². The van der Waals surface area contributed by atoms with Crippen molar-refractivity contribution >= 4 is 41.4 Å². The molecule has 0 radical (unpaired) electrons. The molecule has 2 aliphatic rings. The van der Waals surface area contributed by atoms with E-state index in [-0.39, 0.29) is 29.2 Å². The van der Waals surface area contributed by atoms with Gasteiger partial charge in [0.05, 0.1) is 5.56 Å². The lowest BCUT2D eigenvalue weighted by Gasteiger charge is -2.49. The van der Waals surface area contributed by atoms with Crippen molar-refractivity contribution < 1.29 is 33.8 Å². The number of aromatic amines is 1. The van der Waals surface area contributed by atoms with Crippen molar-refractivity contribution in [1.29, 1.82) is 0 Å². The van der Waals surface area contributed by atoms with Gasteiger partial charge in [-0.05, 0) is 11.6 Å². The summed E-state index contributed by atoms with van der Waals surface area (Å²) in [4.78, 5) is 76.8. The highest BCUT2D eigenvalue weighted by Crippen LogP contribution is 2.40. The van der Waals surface area contributed by atoms with E-state index in [1.54, 1.807) is 30.3 Å². The Labute approximate surface area is 214 Å². The number of H-pyrrole nitrogens is 1. The summed E-state index contributed by atoms with van der Waals surface area (Å²) in [5.41, 5.74) is 0.188. The number of hydrogen-bond acceptors (Lipinski definition) is 8. The third-order valence-electron chi connectivity index (χ3n) is 5.71. The molecule has 0 aliphatic carbocycles. The highest BCUT2D eigenvalue weighted by Gasteiger charge is 2.54. The molecule has 3 amide bonds. The number of aliphatic carboxylic acids is 1. The van der Waals surface area contributed by atoms with Crippen LogP contribution in [-0.2, 0) is 23.9 Å². The van der Waals surface area contributed by atoms with Gasteiger partial charge in [0, 0.05) is 30.5 Å². The number of fused-ring (bicyclic) bond motifs is 1. The quantitative estimate of drug-likeness (QED) is 0.276. The molecule has 1 saturated heterocycles. The van der Waals surface area contributed by atoms with Gasteiger partial charge in [-0.1, -0.05) is 30.3 Å². The fraction of sp³-hybridized carbons (Fsp3) is 0.250. The summed E-state index contributed by atoms with van der Waals surface area (Å²) in [7, 11) is 0. The second kappa shape index (κ2) is 10.7. The maximum absolute atomic E-state index is 13.3. The average molecular weight is 527 g/mol. The Morgan fingerprint density at radius 2 is 1.89 bits per heavy atom. The normalized spacial score (nSPS) is 19.3. The number of hydrogen-bond donors (Lipinski definition) is 4. The van der Waals surface area contributed by atoms with Crippen LogP contribution in [0.25, 0.3) is 0 Å². The highest BCUT2D eigenvalue weighted by molar-refractivity contribution is 8.00. The molecule has 37 heavy (non-hydrogen) atoms. The van der Waals surface area contributed by atoms with Crippen molar-refractivity contribution in [2.24, 2.45) is 0 Å². The van der Waals surface area contributed by atoms with Gasteiger partial charge in [0.1, 0.15) is 29.8 Å². The van der Waals surface area contributed by atoms with E-state index in [2.05, 4.69) is 15.6 Å². The maximum atomic E-state index is 13.3. The maximum Gasteiger partial charge on any atom is 0.352 e. The van der Waals surface area contributed by atoms with E-state index in [0.717, 1.165) is 4.90 Å². The predicted octanol–water partition coefficient (Wildman–Crippen LogP) is 0.148. The molecule has 1 aromatic heterocycles. The zero-order valence-corrected chi connectivity index (χ0v) is 20.2. The first-order valence-electron chi connectivity index (χ1n) is 11.1. The molecule has 13 heteroatoms. The van der Waals surface area contributed by atoms with Gasteiger partial charge in [-0.2, -0.15) is 0 Å². The van der Waals surface area contributed by atoms with E-state index in [0.29, 0.717) is 5.56 Å². The summed E-state index contributed by atoms with van der Waals surface area (Å²) < 4.78 is 4.92. The van der Waals surface area contributed by atoms with Gasteiger partial charge in [0.2, 0.25) is 11.5 Å². The lowest BCUT2D eigenvalue weighted by Crippen LogP contribution is -2.71. The molecule has 3 atom stereocenters. The first-order valence-corrected chi connectivity index (χ1v) is 12.1. The summed E-state index contributed by atoms with van der Waals surface area (Å²) in [6, 6.07) is 8.66. The smallest absolute Gasteiger partial charge is 0.352 e. The molecule has 0 bridgehead atoms. The van der Waals surface area contributed by atoms with Crippen LogP contribution >= 0.6 is 11.8 Å². The number of carboxylic acids is 1. The number of rotatable bonds is 8. The van der Waals surface area contributed by atoms with Crippen LogP contribution in [0.3, 0.4) is 0 Å². The zero-order valence-electron chi connectivity index (χ0n) is 19.4. The van der Waals surface area contributed by atoms with Crippen LogP contribution in [0.1, 0.15) is 28.9 Å². The van der Waals surface area contributed by atoms with E-state index < -0.39 is 52.7 Å². The van der Waals surface area contributed by atoms with Crippen molar-refractivity contribution in [3.05, 3.63) is 81.4 Å². The number of aromatic nitrogens is 1. The molecule has 2 aliphatic heterocycles. The number of carbonyl (C=O) groups excluding carboxylic acids is 4. The van der Waals surface area contributed by atoms with Gasteiger partial charge in [-0.25, -0.2) is 4.79 Å². The number of thioether (sulfide) groups is 1. The van der Waals surface area contributed by atoms with Crippen molar-refractivity contribution in [1.82, 2.24) is 20.5 Å². The number of carboxylic acid groups (broad SMARTS) is 1. The minimum absolute atomic E-state index is 0.124. The number of carbonyl (C=O) groups is 5. The van der Waals surface area contributed by atoms with E-state index >= 15 is 0 Å². The molecule has 3 heterocycles. The van der Waals surface area contributed by atoms with E-state index in [1.807, 2.05) is 0 Å². The van der Waals surface area contributed by atoms with Crippen LogP contribution in [0, 0.1) is 0 Å². The second-order valence-electron chi connectivity index (χ2n) is 8.19. The summed E-state index contributed by atoms with van der Waals surface area (Å²) in [5, 5.41) is 14.2. The molecule has 1 fully saturated rings. The first kappa shape index (κ1) is 25.7. The van der Waals surface area contributed by atoms with Crippen molar-refractivity contribution in [3.8, 4) is 0 Å². The van der Waals surface area contributed by atoms with Gasteiger partial charge in [0.15, 0.2) is 0 Å². The number of nitrogens with one attached hydrogen (secondary N) is 3. The topological polar surface area (TPSA) is 175 Å². The first-order chi connectivity index (χ1) is 17.7. The molecule has 192 valence electrons. The van der Waals surface area contributed by atoms with Crippen LogP contribution in [0.4, 0.5) is 0 Å². The summed E-state index contributed by atoms with van der Waals surface area (Å²) >= 11 is 1.22. The van der Waals surface area contributed by atoms with Crippen molar-refractivity contribution in [2.45, 2.75) is 24.4 Å². The van der Waals surface area contributed by atoms with Gasteiger partial charge < -0.3 is 25.5 Å².